The highest BCUT2D eigenvalue weighted by atomic mass is 16.2. The first-order chi connectivity index (χ1) is 10.2. The van der Waals surface area contributed by atoms with Gasteiger partial charge in [0.1, 0.15) is 0 Å². The van der Waals surface area contributed by atoms with E-state index in [9.17, 15) is 4.79 Å². The molecule has 4 N–H and O–H groups in total. The standard InChI is InChI=1S/C16H20N4O/c17-13(9-11-5-2-1-3-6-11)16(21)19-14-8-4-7-12-10-18-20-15(12)14/h1-3,5-6,10,13-14H,4,7-9,17H2,(H,18,20)(H,19,21)/t13-,14?/m0/s1. The number of hydrogen-bond acceptors (Lipinski definition) is 3. The lowest BCUT2D eigenvalue weighted by molar-refractivity contribution is -0.123. The van der Waals surface area contributed by atoms with Crippen molar-refractivity contribution in [1.29, 1.82) is 0 Å². The topological polar surface area (TPSA) is 83.8 Å². The summed E-state index contributed by atoms with van der Waals surface area (Å²) in [5, 5.41) is 10.1. The fourth-order valence-corrected chi connectivity index (χ4v) is 2.85. The molecule has 0 spiro atoms. The number of carbonyl (C=O) groups excluding carboxylic acids is 1. The van der Waals surface area contributed by atoms with E-state index in [1.165, 1.54) is 5.56 Å². The number of aryl methyl sites for hydroxylation is 1. The van der Waals surface area contributed by atoms with Crippen molar-refractivity contribution >= 4 is 5.91 Å². The van der Waals surface area contributed by atoms with Crippen LogP contribution in [0.2, 0.25) is 0 Å². The number of hydrogen-bond donors (Lipinski definition) is 3. The van der Waals surface area contributed by atoms with Crippen molar-refractivity contribution in [2.75, 3.05) is 0 Å². The summed E-state index contributed by atoms with van der Waals surface area (Å²) >= 11 is 0. The highest BCUT2D eigenvalue weighted by Gasteiger charge is 2.25. The smallest absolute Gasteiger partial charge is 0.237 e. The van der Waals surface area contributed by atoms with Crippen LogP contribution in [0.4, 0.5) is 0 Å². The summed E-state index contributed by atoms with van der Waals surface area (Å²) in [5.41, 5.74) is 9.33. The van der Waals surface area contributed by atoms with Crippen LogP contribution in [0.15, 0.2) is 36.5 Å². The van der Waals surface area contributed by atoms with Gasteiger partial charge in [-0.2, -0.15) is 5.10 Å². The molecule has 3 rings (SSSR count). The summed E-state index contributed by atoms with van der Waals surface area (Å²) < 4.78 is 0. The van der Waals surface area contributed by atoms with Crippen LogP contribution in [0.1, 0.15) is 35.7 Å². The molecule has 0 fully saturated rings. The zero-order valence-electron chi connectivity index (χ0n) is 11.9. The normalized spacial score (nSPS) is 18.8. The molecule has 1 aliphatic rings. The van der Waals surface area contributed by atoms with Crippen LogP contribution in [-0.2, 0) is 17.6 Å². The molecule has 0 radical (unpaired) electrons. The summed E-state index contributed by atoms with van der Waals surface area (Å²) in [6, 6.07) is 9.32. The van der Waals surface area contributed by atoms with Crippen molar-refractivity contribution in [1.82, 2.24) is 15.5 Å². The monoisotopic (exact) mass is 284 g/mol. The van der Waals surface area contributed by atoms with Gasteiger partial charge < -0.3 is 11.1 Å². The molecule has 1 aliphatic carbocycles. The number of rotatable bonds is 4. The molecule has 1 unspecified atom stereocenters. The Kier molecular flexibility index (Phi) is 4.01. The van der Waals surface area contributed by atoms with Crippen molar-refractivity contribution in [3.8, 4) is 0 Å². The molecule has 2 aromatic rings. The summed E-state index contributed by atoms with van der Waals surface area (Å²) in [6.07, 6.45) is 5.41. The summed E-state index contributed by atoms with van der Waals surface area (Å²) in [6.45, 7) is 0. The number of fused-ring (bicyclic) bond motifs is 1. The van der Waals surface area contributed by atoms with Crippen LogP contribution in [0.25, 0.3) is 0 Å². The van der Waals surface area contributed by atoms with Gasteiger partial charge in [-0.15, -0.1) is 0 Å². The van der Waals surface area contributed by atoms with Crippen molar-refractivity contribution in [2.45, 2.75) is 37.8 Å². The van der Waals surface area contributed by atoms with Gasteiger partial charge in [0.15, 0.2) is 0 Å². The summed E-state index contributed by atoms with van der Waals surface area (Å²) in [7, 11) is 0. The quantitative estimate of drug-likeness (QED) is 0.795. The lowest BCUT2D eigenvalue weighted by Crippen LogP contribution is -2.44. The van der Waals surface area contributed by atoms with Crippen LogP contribution in [0, 0.1) is 0 Å². The fourth-order valence-electron chi connectivity index (χ4n) is 2.85. The van der Waals surface area contributed by atoms with E-state index in [4.69, 9.17) is 5.73 Å². The molecule has 1 heterocycles. The van der Waals surface area contributed by atoms with Gasteiger partial charge in [-0.3, -0.25) is 9.89 Å². The molecular weight excluding hydrogens is 264 g/mol. The van der Waals surface area contributed by atoms with E-state index < -0.39 is 6.04 Å². The van der Waals surface area contributed by atoms with Gasteiger partial charge in [0, 0.05) is 0 Å². The van der Waals surface area contributed by atoms with Gasteiger partial charge in [0.2, 0.25) is 5.91 Å². The molecule has 1 aromatic heterocycles. The Morgan fingerprint density at radius 1 is 1.43 bits per heavy atom. The molecule has 0 aliphatic heterocycles. The zero-order chi connectivity index (χ0) is 14.7. The van der Waals surface area contributed by atoms with E-state index in [0.717, 1.165) is 30.5 Å². The Morgan fingerprint density at radius 2 is 2.24 bits per heavy atom. The van der Waals surface area contributed by atoms with Crippen LogP contribution in [0.3, 0.4) is 0 Å². The van der Waals surface area contributed by atoms with E-state index in [0.29, 0.717) is 6.42 Å². The van der Waals surface area contributed by atoms with E-state index >= 15 is 0 Å². The van der Waals surface area contributed by atoms with E-state index in [1.54, 1.807) is 0 Å². The molecule has 0 saturated heterocycles. The third kappa shape index (κ3) is 3.13. The second-order valence-corrected chi connectivity index (χ2v) is 5.56. The van der Waals surface area contributed by atoms with E-state index in [1.807, 2.05) is 36.5 Å². The zero-order valence-corrected chi connectivity index (χ0v) is 11.9. The summed E-state index contributed by atoms with van der Waals surface area (Å²) in [4.78, 5) is 12.3. The number of H-pyrrole nitrogens is 1. The minimum atomic E-state index is -0.527. The molecule has 2 atom stereocenters. The Morgan fingerprint density at radius 3 is 3.05 bits per heavy atom. The second-order valence-electron chi connectivity index (χ2n) is 5.56. The molecule has 0 bridgehead atoms. The first-order valence-corrected chi connectivity index (χ1v) is 7.36. The van der Waals surface area contributed by atoms with Crippen LogP contribution in [0.5, 0.6) is 0 Å². The number of nitrogens with one attached hydrogen (secondary N) is 2. The minimum absolute atomic E-state index is 0.00516. The average Bonchev–Trinajstić information content (AvgIpc) is 2.98. The number of benzene rings is 1. The van der Waals surface area contributed by atoms with Gasteiger partial charge in [-0.05, 0) is 36.8 Å². The third-order valence-electron chi connectivity index (χ3n) is 3.99. The largest absolute Gasteiger partial charge is 0.346 e. The molecule has 1 amide bonds. The minimum Gasteiger partial charge on any atom is -0.346 e. The van der Waals surface area contributed by atoms with Gasteiger partial charge >= 0.3 is 0 Å². The van der Waals surface area contributed by atoms with Gasteiger partial charge in [0.25, 0.3) is 0 Å². The van der Waals surface area contributed by atoms with Crippen molar-refractivity contribution in [3.05, 3.63) is 53.3 Å². The van der Waals surface area contributed by atoms with Crippen LogP contribution in [-0.4, -0.2) is 22.1 Å². The van der Waals surface area contributed by atoms with Crippen molar-refractivity contribution < 1.29 is 4.79 Å². The van der Waals surface area contributed by atoms with E-state index in [-0.39, 0.29) is 11.9 Å². The third-order valence-corrected chi connectivity index (χ3v) is 3.99. The van der Waals surface area contributed by atoms with Crippen molar-refractivity contribution in [2.24, 2.45) is 5.73 Å². The number of carbonyl (C=O) groups is 1. The molecule has 5 heteroatoms. The Balaban J connectivity index is 1.62. The Hall–Kier alpha value is -2.14. The number of nitrogens with two attached hydrogens (primary N) is 1. The van der Waals surface area contributed by atoms with Gasteiger partial charge in [0.05, 0.1) is 24.0 Å². The number of aromatic amines is 1. The average molecular weight is 284 g/mol. The predicted molar refractivity (Wildman–Crippen MR) is 80.5 cm³/mol. The SMILES string of the molecule is N[C@@H](Cc1ccccc1)C(=O)NC1CCCc2cn[nH]c21. The second kappa shape index (κ2) is 6.10. The van der Waals surface area contributed by atoms with Gasteiger partial charge in [-0.1, -0.05) is 30.3 Å². The lowest BCUT2D eigenvalue weighted by atomic mass is 9.93. The number of nitrogens with zero attached hydrogens (tertiary/aromatic N) is 1. The molecule has 1 aromatic carbocycles. The number of aromatic nitrogens is 2. The molecular formula is C16H20N4O. The maximum atomic E-state index is 12.3. The maximum absolute atomic E-state index is 12.3. The highest BCUT2D eigenvalue weighted by molar-refractivity contribution is 5.82. The van der Waals surface area contributed by atoms with E-state index in [2.05, 4.69) is 15.5 Å². The Labute approximate surface area is 123 Å². The maximum Gasteiger partial charge on any atom is 0.237 e. The molecule has 21 heavy (non-hydrogen) atoms. The first-order valence-electron chi connectivity index (χ1n) is 7.36. The highest BCUT2D eigenvalue weighted by Crippen LogP contribution is 2.27. The van der Waals surface area contributed by atoms with Crippen LogP contribution >= 0.6 is 0 Å². The molecule has 110 valence electrons. The van der Waals surface area contributed by atoms with Crippen molar-refractivity contribution in [3.63, 3.8) is 0 Å². The fraction of sp³-hybridized carbons (Fsp3) is 0.375. The Bertz CT molecular complexity index is 608. The lowest BCUT2D eigenvalue weighted by Gasteiger charge is -2.24. The summed E-state index contributed by atoms with van der Waals surface area (Å²) in [5.74, 6) is -0.105. The first kappa shape index (κ1) is 13.8. The molecule has 5 nitrogen and oxygen atoms in total. The van der Waals surface area contributed by atoms with Crippen LogP contribution < -0.4 is 11.1 Å². The predicted octanol–water partition coefficient (Wildman–Crippen LogP) is 1.47. The number of amides is 1. The van der Waals surface area contributed by atoms with Gasteiger partial charge in [-0.25, -0.2) is 0 Å². The molecule has 0 saturated carbocycles.